The summed E-state index contributed by atoms with van der Waals surface area (Å²) in [4.78, 5) is 29.6. The minimum absolute atomic E-state index is 0.183. The van der Waals surface area contributed by atoms with Crippen molar-refractivity contribution < 1.29 is 13.2 Å². The van der Waals surface area contributed by atoms with Gasteiger partial charge in [-0.2, -0.15) is 10.1 Å². The van der Waals surface area contributed by atoms with Crippen LogP contribution in [-0.4, -0.2) is 88.7 Å². The number of aromatic nitrogens is 6. The zero-order valence-corrected chi connectivity index (χ0v) is 21.1. The SMILES string of the molecule is CS(=O)(=O)N(CCN1CCOCC1)c1ccc(Nc2ncc3cnn(Cc4cc[nH]c(=O)c4)c3n2)cn1. The molecule has 0 saturated carbocycles. The van der Waals surface area contributed by atoms with Crippen molar-refractivity contribution in [3.8, 4) is 0 Å². The Morgan fingerprint density at radius 3 is 2.70 bits per heavy atom. The van der Waals surface area contributed by atoms with Crippen LogP contribution in [0, 0.1) is 0 Å². The van der Waals surface area contributed by atoms with Crippen LogP contribution in [0.4, 0.5) is 17.5 Å². The molecule has 37 heavy (non-hydrogen) atoms. The third-order valence-electron chi connectivity index (χ3n) is 5.93. The summed E-state index contributed by atoms with van der Waals surface area (Å²) >= 11 is 0. The Morgan fingerprint density at radius 1 is 1.14 bits per heavy atom. The van der Waals surface area contributed by atoms with E-state index >= 15 is 0 Å². The lowest BCUT2D eigenvalue weighted by molar-refractivity contribution is 0.0395. The number of nitrogens with zero attached hydrogens (tertiary/aromatic N) is 7. The quantitative estimate of drug-likeness (QED) is 0.321. The van der Waals surface area contributed by atoms with Crippen molar-refractivity contribution in [1.29, 1.82) is 0 Å². The largest absolute Gasteiger partial charge is 0.379 e. The highest BCUT2D eigenvalue weighted by atomic mass is 32.2. The number of ether oxygens (including phenoxy) is 1. The van der Waals surface area contributed by atoms with Crippen molar-refractivity contribution >= 4 is 38.5 Å². The first-order valence-corrected chi connectivity index (χ1v) is 13.6. The second kappa shape index (κ2) is 10.6. The molecule has 0 amide bonds. The number of sulfonamides is 1. The summed E-state index contributed by atoms with van der Waals surface area (Å²) in [5, 5.41) is 8.22. The standard InChI is InChI=1S/C23H27N9O4S/c1-37(34,35)32(7-6-30-8-10-36-11-9-30)20-3-2-19(15-25-20)28-23-26-13-18-14-27-31(22(18)29-23)16-17-4-5-24-21(33)12-17/h2-5,12-15H,6-11,16H2,1H3,(H,24,33)(H,26,28,29). The predicted octanol–water partition coefficient (Wildman–Crippen LogP) is 0.800. The predicted molar refractivity (Wildman–Crippen MR) is 138 cm³/mol. The summed E-state index contributed by atoms with van der Waals surface area (Å²) in [6.07, 6.45) is 7.64. The molecule has 14 heteroatoms. The molecule has 0 atom stereocenters. The van der Waals surface area contributed by atoms with Gasteiger partial charge in [-0.25, -0.2) is 23.1 Å². The van der Waals surface area contributed by atoms with Crippen LogP contribution in [0.25, 0.3) is 11.0 Å². The first-order valence-electron chi connectivity index (χ1n) is 11.7. The van der Waals surface area contributed by atoms with Gasteiger partial charge in [0.05, 0.1) is 49.5 Å². The fourth-order valence-electron chi connectivity index (χ4n) is 4.05. The Kier molecular flexibility index (Phi) is 7.12. The molecule has 1 saturated heterocycles. The van der Waals surface area contributed by atoms with Gasteiger partial charge in [-0.3, -0.25) is 14.0 Å². The van der Waals surface area contributed by atoms with Crippen LogP contribution in [-0.2, 0) is 21.3 Å². The van der Waals surface area contributed by atoms with Crippen molar-refractivity contribution in [2.75, 3.05) is 55.3 Å². The van der Waals surface area contributed by atoms with E-state index in [4.69, 9.17) is 4.74 Å². The summed E-state index contributed by atoms with van der Waals surface area (Å²) in [5.41, 5.74) is 1.82. The van der Waals surface area contributed by atoms with Crippen LogP contribution in [0.1, 0.15) is 5.56 Å². The van der Waals surface area contributed by atoms with Crippen molar-refractivity contribution in [2.45, 2.75) is 6.54 Å². The number of hydrogen-bond donors (Lipinski definition) is 2. The lowest BCUT2D eigenvalue weighted by Gasteiger charge is -2.29. The van der Waals surface area contributed by atoms with Gasteiger partial charge in [0.25, 0.3) is 0 Å². The number of H-pyrrole nitrogens is 1. The van der Waals surface area contributed by atoms with E-state index in [2.05, 4.69) is 35.3 Å². The zero-order chi connectivity index (χ0) is 25.8. The van der Waals surface area contributed by atoms with E-state index in [1.165, 1.54) is 16.6 Å². The molecular weight excluding hydrogens is 498 g/mol. The Bertz CT molecular complexity index is 1530. The fraction of sp³-hybridized carbons (Fsp3) is 0.348. The van der Waals surface area contributed by atoms with Gasteiger partial charge in [-0.1, -0.05) is 0 Å². The number of nitrogens with one attached hydrogen (secondary N) is 2. The highest BCUT2D eigenvalue weighted by Gasteiger charge is 2.21. The van der Waals surface area contributed by atoms with Gasteiger partial charge in [0.15, 0.2) is 5.65 Å². The molecular formula is C23H27N9O4S. The van der Waals surface area contributed by atoms with E-state index in [-0.39, 0.29) is 5.56 Å². The smallest absolute Gasteiger partial charge is 0.248 e. The lowest BCUT2D eigenvalue weighted by atomic mass is 10.3. The third kappa shape index (κ3) is 6.10. The number of anilines is 3. The maximum Gasteiger partial charge on any atom is 0.248 e. The molecule has 0 aliphatic carbocycles. The van der Waals surface area contributed by atoms with E-state index in [1.807, 2.05) is 6.07 Å². The normalized spacial score (nSPS) is 14.6. The van der Waals surface area contributed by atoms with Crippen LogP contribution in [0.5, 0.6) is 0 Å². The molecule has 0 radical (unpaired) electrons. The molecule has 13 nitrogen and oxygen atoms in total. The van der Waals surface area contributed by atoms with Gasteiger partial charge < -0.3 is 15.0 Å². The summed E-state index contributed by atoms with van der Waals surface area (Å²) in [7, 11) is -3.51. The Labute approximate surface area is 213 Å². The van der Waals surface area contributed by atoms with Crippen molar-refractivity contribution in [1.82, 2.24) is 34.6 Å². The second-order valence-corrected chi connectivity index (χ2v) is 10.6. The average Bonchev–Trinajstić information content (AvgIpc) is 3.27. The molecule has 4 aromatic rings. The van der Waals surface area contributed by atoms with Crippen LogP contribution >= 0.6 is 0 Å². The number of pyridine rings is 2. The number of hydrogen-bond acceptors (Lipinski definition) is 10. The Balaban J connectivity index is 1.30. The molecule has 0 aromatic carbocycles. The molecule has 0 unspecified atom stereocenters. The minimum Gasteiger partial charge on any atom is -0.379 e. The molecule has 2 N–H and O–H groups in total. The van der Waals surface area contributed by atoms with Gasteiger partial charge in [0.2, 0.25) is 21.5 Å². The average molecular weight is 526 g/mol. The number of fused-ring (bicyclic) bond motifs is 1. The van der Waals surface area contributed by atoms with Gasteiger partial charge in [-0.15, -0.1) is 0 Å². The molecule has 0 spiro atoms. The minimum atomic E-state index is -3.51. The molecule has 5 rings (SSSR count). The van der Waals surface area contributed by atoms with Gasteiger partial charge in [-0.05, 0) is 23.8 Å². The van der Waals surface area contributed by atoms with Crippen molar-refractivity contribution in [3.05, 3.63) is 65.0 Å². The zero-order valence-electron chi connectivity index (χ0n) is 20.2. The maximum atomic E-state index is 12.4. The topological polar surface area (TPSA) is 151 Å². The maximum absolute atomic E-state index is 12.4. The summed E-state index contributed by atoms with van der Waals surface area (Å²) < 4.78 is 33.2. The van der Waals surface area contributed by atoms with Gasteiger partial charge >= 0.3 is 0 Å². The summed E-state index contributed by atoms with van der Waals surface area (Å²) in [6.45, 7) is 4.14. The molecule has 4 aromatic heterocycles. The fourth-order valence-corrected chi connectivity index (χ4v) is 4.91. The third-order valence-corrected chi connectivity index (χ3v) is 7.10. The highest BCUT2D eigenvalue weighted by molar-refractivity contribution is 7.92. The molecule has 1 aliphatic rings. The highest BCUT2D eigenvalue weighted by Crippen LogP contribution is 2.20. The first kappa shape index (κ1) is 24.8. The van der Waals surface area contributed by atoms with E-state index in [0.717, 1.165) is 24.0 Å². The number of rotatable bonds is 9. The van der Waals surface area contributed by atoms with Crippen LogP contribution in [0.3, 0.4) is 0 Å². The molecule has 0 bridgehead atoms. The van der Waals surface area contributed by atoms with E-state index in [0.29, 0.717) is 55.9 Å². The van der Waals surface area contributed by atoms with Crippen LogP contribution in [0.2, 0.25) is 0 Å². The monoisotopic (exact) mass is 525 g/mol. The summed E-state index contributed by atoms with van der Waals surface area (Å²) in [6, 6.07) is 6.71. The molecule has 194 valence electrons. The molecule has 5 heterocycles. The van der Waals surface area contributed by atoms with E-state index < -0.39 is 10.0 Å². The number of aromatic amines is 1. The second-order valence-electron chi connectivity index (χ2n) is 8.66. The van der Waals surface area contributed by atoms with Crippen LogP contribution in [0.15, 0.2) is 53.8 Å². The van der Waals surface area contributed by atoms with E-state index in [9.17, 15) is 13.2 Å². The van der Waals surface area contributed by atoms with E-state index in [1.54, 1.807) is 41.6 Å². The van der Waals surface area contributed by atoms with Crippen LogP contribution < -0.4 is 15.2 Å². The first-order chi connectivity index (χ1) is 17.8. The Morgan fingerprint density at radius 2 is 1.97 bits per heavy atom. The Hall–Kier alpha value is -3.88. The number of morpholine rings is 1. The lowest BCUT2D eigenvalue weighted by Crippen LogP contribution is -2.43. The van der Waals surface area contributed by atoms with Gasteiger partial charge in [0.1, 0.15) is 5.82 Å². The van der Waals surface area contributed by atoms with Crippen molar-refractivity contribution in [3.63, 3.8) is 0 Å². The molecule has 1 aliphatic heterocycles. The van der Waals surface area contributed by atoms with Gasteiger partial charge in [0, 0.05) is 44.6 Å². The summed E-state index contributed by atoms with van der Waals surface area (Å²) in [5.74, 6) is 0.676. The van der Waals surface area contributed by atoms with Crippen molar-refractivity contribution in [2.24, 2.45) is 0 Å². The molecule has 1 fully saturated rings.